The Kier molecular flexibility index (Phi) is 4.81. The van der Waals surface area contributed by atoms with Crippen molar-refractivity contribution in [3.8, 4) is 0 Å². The molecule has 1 amide bonds. The molecule has 0 radical (unpaired) electrons. The van der Waals surface area contributed by atoms with Crippen LogP contribution in [-0.4, -0.2) is 48.7 Å². The molecular formula is C19H23N5O4S. The SMILES string of the molecule is CCn1ncc(C2=NOC(C(=O)Nc3ccc4c(c3)N(S(C)(=O)=O)CC4)C2)c1C. The van der Waals surface area contributed by atoms with Gasteiger partial charge in [-0.1, -0.05) is 11.2 Å². The van der Waals surface area contributed by atoms with E-state index in [1.54, 1.807) is 18.3 Å². The number of anilines is 2. The van der Waals surface area contributed by atoms with Crippen molar-refractivity contribution in [2.75, 3.05) is 22.4 Å². The second kappa shape index (κ2) is 7.18. The lowest BCUT2D eigenvalue weighted by molar-refractivity contribution is -0.125. The van der Waals surface area contributed by atoms with E-state index in [1.807, 2.05) is 24.6 Å². The molecule has 4 rings (SSSR count). The largest absolute Gasteiger partial charge is 0.382 e. The minimum atomic E-state index is -3.35. The molecule has 2 aromatic rings. The van der Waals surface area contributed by atoms with Crippen molar-refractivity contribution in [3.63, 3.8) is 0 Å². The van der Waals surface area contributed by atoms with Crippen LogP contribution < -0.4 is 9.62 Å². The van der Waals surface area contributed by atoms with Crippen molar-refractivity contribution in [1.82, 2.24) is 9.78 Å². The van der Waals surface area contributed by atoms with E-state index in [1.165, 1.54) is 10.6 Å². The van der Waals surface area contributed by atoms with Gasteiger partial charge in [0.2, 0.25) is 16.1 Å². The van der Waals surface area contributed by atoms with Crippen molar-refractivity contribution in [2.45, 2.75) is 39.3 Å². The Bertz CT molecular complexity index is 1110. The highest BCUT2D eigenvalue weighted by molar-refractivity contribution is 7.92. The molecule has 10 heteroatoms. The molecular weight excluding hydrogens is 394 g/mol. The first-order valence-electron chi connectivity index (χ1n) is 9.45. The highest BCUT2D eigenvalue weighted by Gasteiger charge is 2.31. The first-order valence-corrected chi connectivity index (χ1v) is 11.3. The van der Waals surface area contributed by atoms with E-state index in [4.69, 9.17) is 4.84 Å². The minimum Gasteiger partial charge on any atom is -0.382 e. The van der Waals surface area contributed by atoms with Crippen LogP contribution in [0.25, 0.3) is 0 Å². The Hall–Kier alpha value is -2.88. The lowest BCUT2D eigenvalue weighted by Crippen LogP contribution is -2.29. The number of sulfonamides is 1. The second-order valence-corrected chi connectivity index (χ2v) is 9.12. The predicted octanol–water partition coefficient (Wildman–Crippen LogP) is 1.67. The summed E-state index contributed by atoms with van der Waals surface area (Å²) in [6.07, 6.45) is 3.18. The molecule has 1 aromatic heterocycles. The number of fused-ring (bicyclic) bond motifs is 1. The predicted molar refractivity (Wildman–Crippen MR) is 110 cm³/mol. The van der Waals surface area contributed by atoms with E-state index in [2.05, 4.69) is 15.6 Å². The number of aryl methyl sites for hydroxylation is 1. The van der Waals surface area contributed by atoms with E-state index < -0.39 is 16.1 Å². The van der Waals surface area contributed by atoms with Crippen molar-refractivity contribution in [1.29, 1.82) is 0 Å². The van der Waals surface area contributed by atoms with Crippen LogP contribution in [0.5, 0.6) is 0 Å². The van der Waals surface area contributed by atoms with E-state index in [9.17, 15) is 13.2 Å². The van der Waals surface area contributed by atoms with E-state index >= 15 is 0 Å². The van der Waals surface area contributed by atoms with Gasteiger partial charge in [0, 0.05) is 36.5 Å². The number of rotatable bonds is 5. The number of nitrogens with one attached hydrogen (secondary N) is 1. The van der Waals surface area contributed by atoms with Gasteiger partial charge in [-0.05, 0) is 38.0 Å². The summed E-state index contributed by atoms with van der Waals surface area (Å²) < 4.78 is 27.1. The molecule has 0 saturated heterocycles. The summed E-state index contributed by atoms with van der Waals surface area (Å²) >= 11 is 0. The maximum atomic E-state index is 12.7. The first kappa shape index (κ1) is 19.4. The third-order valence-corrected chi connectivity index (χ3v) is 6.46. The van der Waals surface area contributed by atoms with Crippen LogP contribution in [0.2, 0.25) is 0 Å². The van der Waals surface area contributed by atoms with Crippen LogP contribution in [0.15, 0.2) is 29.6 Å². The molecule has 0 spiro atoms. The number of aromatic nitrogens is 2. The quantitative estimate of drug-likeness (QED) is 0.797. The number of nitrogens with zero attached hydrogens (tertiary/aromatic N) is 4. The summed E-state index contributed by atoms with van der Waals surface area (Å²) in [5, 5.41) is 11.2. The van der Waals surface area contributed by atoms with Gasteiger partial charge in [0.1, 0.15) is 0 Å². The van der Waals surface area contributed by atoms with Gasteiger partial charge < -0.3 is 10.2 Å². The highest BCUT2D eigenvalue weighted by Crippen LogP contribution is 2.32. The molecule has 2 aliphatic heterocycles. The van der Waals surface area contributed by atoms with Crippen LogP contribution in [0, 0.1) is 6.92 Å². The number of hydrogen-bond donors (Lipinski definition) is 1. The van der Waals surface area contributed by atoms with Crippen LogP contribution in [0.4, 0.5) is 11.4 Å². The fraction of sp³-hybridized carbons (Fsp3) is 0.421. The van der Waals surface area contributed by atoms with E-state index in [0.717, 1.165) is 23.4 Å². The molecule has 0 fully saturated rings. The minimum absolute atomic E-state index is 0.326. The zero-order chi connectivity index (χ0) is 20.8. The number of amides is 1. The Morgan fingerprint density at radius 1 is 1.38 bits per heavy atom. The average Bonchev–Trinajstić information content (AvgIpc) is 3.38. The van der Waals surface area contributed by atoms with Gasteiger partial charge in [-0.25, -0.2) is 8.42 Å². The van der Waals surface area contributed by atoms with Crippen molar-refractivity contribution >= 4 is 33.0 Å². The van der Waals surface area contributed by atoms with Crippen LogP contribution in [-0.2, 0) is 32.6 Å². The van der Waals surface area contributed by atoms with Crippen LogP contribution >= 0.6 is 0 Å². The maximum absolute atomic E-state index is 12.7. The third kappa shape index (κ3) is 3.59. The fourth-order valence-electron chi connectivity index (χ4n) is 3.72. The number of hydrogen-bond acceptors (Lipinski definition) is 6. The van der Waals surface area contributed by atoms with Crippen molar-refractivity contribution < 1.29 is 18.0 Å². The number of carbonyl (C=O) groups excluding carboxylic acids is 1. The molecule has 0 saturated carbocycles. The average molecular weight is 417 g/mol. The summed E-state index contributed by atoms with van der Waals surface area (Å²) in [5.74, 6) is -0.326. The molecule has 2 aliphatic rings. The van der Waals surface area contributed by atoms with Gasteiger partial charge in [0.25, 0.3) is 5.91 Å². The van der Waals surface area contributed by atoms with Gasteiger partial charge in [0.05, 0.1) is 23.9 Å². The molecule has 3 heterocycles. The van der Waals surface area contributed by atoms with E-state index in [-0.39, 0.29) is 5.91 Å². The van der Waals surface area contributed by atoms with E-state index in [0.29, 0.717) is 36.5 Å². The van der Waals surface area contributed by atoms with Gasteiger partial charge >= 0.3 is 0 Å². The van der Waals surface area contributed by atoms with Gasteiger partial charge in [-0.3, -0.25) is 13.8 Å². The lowest BCUT2D eigenvalue weighted by Gasteiger charge is -2.17. The topological polar surface area (TPSA) is 106 Å². The number of carbonyl (C=O) groups is 1. The second-order valence-electron chi connectivity index (χ2n) is 7.21. The monoisotopic (exact) mass is 417 g/mol. The van der Waals surface area contributed by atoms with Crippen molar-refractivity contribution in [2.24, 2.45) is 5.16 Å². The summed E-state index contributed by atoms with van der Waals surface area (Å²) in [6.45, 7) is 5.14. The Morgan fingerprint density at radius 3 is 2.86 bits per heavy atom. The number of oxime groups is 1. The number of benzene rings is 1. The smallest absolute Gasteiger partial charge is 0.268 e. The lowest BCUT2D eigenvalue weighted by atomic mass is 10.1. The molecule has 1 N–H and O–H groups in total. The zero-order valence-corrected chi connectivity index (χ0v) is 17.4. The molecule has 1 aromatic carbocycles. The molecule has 0 bridgehead atoms. The maximum Gasteiger partial charge on any atom is 0.268 e. The molecule has 0 aliphatic carbocycles. The summed E-state index contributed by atoms with van der Waals surface area (Å²) in [6, 6.07) is 5.30. The molecule has 1 atom stereocenters. The molecule has 1 unspecified atom stereocenters. The highest BCUT2D eigenvalue weighted by atomic mass is 32.2. The Balaban J connectivity index is 1.45. The summed E-state index contributed by atoms with van der Waals surface area (Å²) in [4.78, 5) is 18.0. The first-order chi connectivity index (χ1) is 13.8. The fourth-order valence-corrected chi connectivity index (χ4v) is 4.67. The van der Waals surface area contributed by atoms with Crippen molar-refractivity contribution in [3.05, 3.63) is 41.2 Å². The zero-order valence-electron chi connectivity index (χ0n) is 16.5. The third-order valence-electron chi connectivity index (χ3n) is 5.28. The van der Waals surface area contributed by atoms with Gasteiger partial charge in [-0.15, -0.1) is 0 Å². The van der Waals surface area contributed by atoms with Gasteiger partial charge in [0.15, 0.2) is 0 Å². The molecule has 29 heavy (non-hydrogen) atoms. The standard InChI is InChI=1S/C19H23N5O4S/c1-4-23-12(2)15(11-20-23)16-10-18(28-22-16)19(25)21-14-6-5-13-7-8-24(17(13)9-14)29(3,26)27/h5-6,9,11,18H,4,7-8,10H2,1-3H3,(H,21,25). The van der Waals surface area contributed by atoms with Gasteiger partial charge in [-0.2, -0.15) is 5.10 Å². The Labute approximate surface area is 169 Å². The van der Waals surface area contributed by atoms with Crippen LogP contribution in [0.3, 0.4) is 0 Å². The van der Waals surface area contributed by atoms with Crippen LogP contribution in [0.1, 0.15) is 30.2 Å². The molecule has 154 valence electrons. The molecule has 9 nitrogen and oxygen atoms in total. The normalized spacial score (nSPS) is 18.4. The Morgan fingerprint density at radius 2 is 2.17 bits per heavy atom. The summed E-state index contributed by atoms with van der Waals surface area (Å²) in [5.41, 5.74) is 4.63. The summed E-state index contributed by atoms with van der Waals surface area (Å²) in [7, 11) is -3.35.